The zero-order valence-corrected chi connectivity index (χ0v) is 54.7. The van der Waals surface area contributed by atoms with Crippen LogP contribution in [0.4, 0.5) is 0 Å². The molecular weight excluding hydrogens is 1020 g/mol. The summed E-state index contributed by atoms with van der Waals surface area (Å²) in [5.74, 6) is -0.889. The summed E-state index contributed by atoms with van der Waals surface area (Å²) in [5.41, 5.74) is 0. The molecule has 0 heterocycles. The second kappa shape index (κ2) is 70.6. The number of rotatable bonds is 64. The van der Waals surface area contributed by atoms with Gasteiger partial charge >= 0.3 is 17.9 Å². The fourth-order valence-corrected chi connectivity index (χ4v) is 9.93. The highest BCUT2D eigenvalue weighted by atomic mass is 16.6. The van der Waals surface area contributed by atoms with E-state index in [0.29, 0.717) is 19.3 Å². The van der Waals surface area contributed by atoms with Gasteiger partial charge in [0.05, 0.1) is 0 Å². The Kier molecular flexibility index (Phi) is 67.2. The minimum atomic E-state index is -0.787. The maximum atomic E-state index is 13.0. The highest BCUT2D eigenvalue weighted by molar-refractivity contribution is 5.71. The van der Waals surface area contributed by atoms with Crippen molar-refractivity contribution in [2.24, 2.45) is 0 Å². The predicted octanol–water partition coefficient (Wildman–Crippen LogP) is 24.6. The van der Waals surface area contributed by atoms with Gasteiger partial charge in [-0.2, -0.15) is 0 Å². The first-order valence-electron chi connectivity index (χ1n) is 35.4. The van der Waals surface area contributed by atoms with Crippen LogP contribution in [0, 0.1) is 0 Å². The van der Waals surface area contributed by atoms with Crippen LogP contribution >= 0.6 is 0 Å². The molecule has 0 aromatic rings. The normalized spacial score (nSPS) is 12.8. The average Bonchev–Trinajstić information content (AvgIpc) is 3.48. The molecule has 0 fully saturated rings. The molecule has 6 heteroatoms. The van der Waals surface area contributed by atoms with Crippen molar-refractivity contribution in [2.75, 3.05) is 13.2 Å². The van der Waals surface area contributed by atoms with Crippen molar-refractivity contribution in [3.8, 4) is 0 Å². The molecule has 0 aromatic heterocycles. The molecule has 0 bridgehead atoms. The topological polar surface area (TPSA) is 78.9 Å². The van der Waals surface area contributed by atoms with Crippen LogP contribution in [-0.4, -0.2) is 37.2 Å². The van der Waals surface area contributed by atoms with Crippen LogP contribution in [-0.2, 0) is 28.6 Å². The molecule has 1 unspecified atom stereocenters. The van der Waals surface area contributed by atoms with Gasteiger partial charge in [0.2, 0.25) is 0 Å². The number of hydrogen-bond acceptors (Lipinski definition) is 6. The van der Waals surface area contributed by atoms with Crippen molar-refractivity contribution in [3.05, 3.63) is 109 Å². The Balaban J connectivity index is 4.25. The molecule has 0 N–H and O–H groups in total. The minimum absolute atomic E-state index is 0.0837. The lowest BCUT2D eigenvalue weighted by Gasteiger charge is -2.18. The lowest BCUT2D eigenvalue weighted by atomic mass is 10.0. The van der Waals surface area contributed by atoms with Gasteiger partial charge in [0.25, 0.3) is 0 Å². The van der Waals surface area contributed by atoms with Crippen molar-refractivity contribution in [1.82, 2.24) is 0 Å². The van der Waals surface area contributed by atoms with Gasteiger partial charge in [0.1, 0.15) is 13.2 Å². The second-order valence-corrected chi connectivity index (χ2v) is 23.4. The molecule has 6 nitrogen and oxygen atoms in total. The van der Waals surface area contributed by atoms with Crippen LogP contribution in [0.5, 0.6) is 0 Å². The summed E-state index contributed by atoms with van der Waals surface area (Å²) < 4.78 is 16.9. The minimum Gasteiger partial charge on any atom is -0.462 e. The van der Waals surface area contributed by atoms with Crippen LogP contribution in [0.3, 0.4) is 0 Å². The van der Waals surface area contributed by atoms with Crippen molar-refractivity contribution < 1.29 is 28.6 Å². The van der Waals surface area contributed by atoms with E-state index in [2.05, 4.69) is 130 Å². The van der Waals surface area contributed by atoms with Crippen molar-refractivity contribution >= 4 is 17.9 Å². The number of hydrogen-bond donors (Lipinski definition) is 0. The molecule has 0 aliphatic carbocycles. The summed E-state index contributed by atoms with van der Waals surface area (Å²) in [6, 6.07) is 0. The molecule has 0 aliphatic heterocycles. The van der Waals surface area contributed by atoms with Crippen LogP contribution in [0.2, 0.25) is 0 Å². The van der Waals surface area contributed by atoms with Crippen molar-refractivity contribution in [2.45, 2.75) is 348 Å². The summed E-state index contributed by atoms with van der Waals surface area (Å²) in [6.45, 7) is 6.50. The fourth-order valence-electron chi connectivity index (χ4n) is 9.93. The third kappa shape index (κ3) is 68.7. The first kappa shape index (κ1) is 79.1. The Hall–Kier alpha value is -3.93. The maximum absolute atomic E-state index is 13.0. The van der Waals surface area contributed by atoms with Crippen molar-refractivity contribution in [3.63, 3.8) is 0 Å². The van der Waals surface area contributed by atoms with Crippen LogP contribution in [0.15, 0.2) is 109 Å². The van der Waals surface area contributed by atoms with E-state index in [1.807, 2.05) is 0 Å². The van der Waals surface area contributed by atoms with E-state index in [1.54, 1.807) is 0 Å². The number of ether oxygens (including phenoxy) is 3. The number of allylic oxidation sites excluding steroid dienone is 18. The summed E-state index contributed by atoms with van der Waals surface area (Å²) in [7, 11) is 0. The predicted molar refractivity (Wildman–Crippen MR) is 362 cm³/mol. The van der Waals surface area contributed by atoms with Crippen molar-refractivity contribution in [1.29, 1.82) is 0 Å². The molecule has 0 radical (unpaired) electrons. The molecule has 0 rings (SSSR count). The van der Waals surface area contributed by atoms with E-state index < -0.39 is 6.10 Å². The highest BCUT2D eigenvalue weighted by Crippen LogP contribution is 2.17. The molecule has 0 saturated heterocycles. The smallest absolute Gasteiger partial charge is 0.306 e. The Morgan fingerprint density at radius 2 is 0.482 bits per heavy atom. The SMILES string of the molecule is CC/C=C\C/C=C\C/C=C\C/C=C\C/C=C\C/C=C\CCCCCCCCCCC(=O)OCC(COC(=O)CCCCCCC/C=C\CCCC)OC(=O)CCCCCCCCCCCCCCCCC/C=C\C/C=C\CCCCCCC. The quantitative estimate of drug-likeness (QED) is 0.0261. The van der Waals surface area contributed by atoms with Crippen LogP contribution < -0.4 is 0 Å². The number of esters is 3. The first-order valence-corrected chi connectivity index (χ1v) is 35.4. The van der Waals surface area contributed by atoms with Gasteiger partial charge < -0.3 is 14.2 Å². The van der Waals surface area contributed by atoms with Gasteiger partial charge in [0, 0.05) is 19.3 Å². The molecule has 0 aliphatic rings. The molecular formula is C77H132O6. The lowest BCUT2D eigenvalue weighted by molar-refractivity contribution is -0.167. The average molecular weight is 1150 g/mol. The van der Waals surface area contributed by atoms with Gasteiger partial charge in [-0.05, 0) is 122 Å². The number of unbranched alkanes of at least 4 members (excludes halogenated alkanes) is 35. The molecule has 0 amide bonds. The van der Waals surface area contributed by atoms with Gasteiger partial charge in [-0.1, -0.05) is 310 Å². The third-order valence-corrected chi connectivity index (χ3v) is 15.2. The van der Waals surface area contributed by atoms with Gasteiger partial charge in [0.15, 0.2) is 6.10 Å². The van der Waals surface area contributed by atoms with E-state index in [1.165, 1.54) is 186 Å². The van der Waals surface area contributed by atoms with Crippen LogP contribution in [0.1, 0.15) is 342 Å². The molecule has 83 heavy (non-hydrogen) atoms. The number of carbonyl (C=O) groups is 3. The third-order valence-electron chi connectivity index (χ3n) is 15.2. The maximum Gasteiger partial charge on any atom is 0.306 e. The first-order chi connectivity index (χ1) is 41.0. The summed E-state index contributed by atoms with van der Waals surface area (Å²) in [6.07, 6.45) is 96.9. The van der Waals surface area contributed by atoms with E-state index in [4.69, 9.17) is 14.2 Å². The van der Waals surface area contributed by atoms with Crippen LogP contribution in [0.25, 0.3) is 0 Å². The highest BCUT2D eigenvalue weighted by Gasteiger charge is 2.19. The van der Waals surface area contributed by atoms with Gasteiger partial charge in [-0.25, -0.2) is 0 Å². The van der Waals surface area contributed by atoms with E-state index >= 15 is 0 Å². The Labute approximate surface area is 514 Å². The molecule has 1 atom stereocenters. The second-order valence-electron chi connectivity index (χ2n) is 23.4. The number of carbonyl (C=O) groups excluding carboxylic acids is 3. The monoisotopic (exact) mass is 1150 g/mol. The molecule has 476 valence electrons. The standard InChI is InChI=1S/C77H132O6/c1-4-7-10-13-16-19-22-24-26-28-30-32-34-36-38-40-42-44-46-48-50-52-55-58-61-64-67-70-76(79)82-73-74(72-81-75(78)69-66-63-60-57-54-21-18-15-12-9-6-3)83-77(80)71-68-65-62-59-56-53-51-49-47-45-43-41-39-37-35-33-31-29-27-25-23-20-17-14-11-8-5-2/h7,10,15-16,18-19,23-26,29-32,36,38,42,44,74H,4-6,8-9,11-14,17,20-22,27-28,33-35,37,39-41,43,45-73H2,1-3H3/b10-7-,18-15-,19-16-,25-23-,26-24-,31-29-,32-30-,38-36-,44-42-. The Morgan fingerprint density at radius 3 is 0.783 bits per heavy atom. The molecule has 0 spiro atoms. The summed E-state index contributed by atoms with van der Waals surface area (Å²) in [5, 5.41) is 0. The van der Waals surface area contributed by atoms with E-state index in [-0.39, 0.29) is 31.1 Å². The van der Waals surface area contributed by atoms with E-state index in [0.717, 1.165) is 116 Å². The largest absolute Gasteiger partial charge is 0.462 e. The zero-order chi connectivity index (χ0) is 59.9. The Bertz CT molecular complexity index is 1660. The summed E-state index contributed by atoms with van der Waals surface area (Å²) >= 11 is 0. The molecule has 0 saturated carbocycles. The lowest BCUT2D eigenvalue weighted by Crippen LogP contribution is -2.30. The van der Waals surface area contributed by atoms with Gasteiger partial charge in [-0.3, -0.25) is 14.4 Å². The summed E-state index contributed by atoms with van der Waals surface area (Å²) in [4.78, 5) is 38.4. The van der Waals surface area contributed by atoms with E-state index in [9.17, 15) is 14.4 Å². The Morgan fingerprint density at radius 1 is 0.253 bits per heavy atom. The zero-order valence-electron chi connectivity index (χ0n) is 54.7. The molecule has 0 aromatic carbocycles. The fraction of sp³-hybridized carbons (Fsp3) is 0.727. The van der Waals surface area contributed by atoms with Gasteiger partial charge in [-0.15, -0.1) is 0 Å².